The third kappa shape index (κ3) is 2.74. The van der Waals surface area contributed by atoms with Gasteiger partial charge in [0, 0.05) is 40.3 Å². The molecule has 5 nitrogen and oxygen atoms in total. The molecule has 0 unspecified atom stereocenters. The molecule has 4 rings (SSSR count). The number of benzene rings is 1. The van der Waals surface area contributed by atoms with E-state index in [4.69, 9.17) is 11.6 Å². The highest BCUT2D eigenvalue weighted by Gasteiger charge is 2.09. The van der Waals surface area contributed by atoms with E-state index in [-0.39, 0.29) is 0 Å². The minimum atomic E-state index is 0.531. The van der Waals surface area contributed by atoms with Gasteiger partial charge in [0.15, 0.2) is 0 Å². The SMILES string of the molecule is Clc1ccc(Nc2nccc(-c3c[nH]c4ncccc34)n2)cc1. The Morgan fingerprint density at radius 1 is 0.957 bits per heavy atom. The Morgan fingerprint density at radius 2 is 1.83 bits per heavy atom. The van der Waals surface area contributed by atoms with Crippen molar-refractivity contribution in [3.63, 3.8) is 0 Å². The van der Waals surface area contributed by atoms with Crippen LogP contribution in [-0.2, 0) is 0 Å². The van der Waals surface area contributed by atoms with E-state index in [0.29, 0.717) is 11.0 Å². The zero-order valence-corrected chi connectivity index (χ0v) is 12.7. The fraction of sp³-hybridized carbons (Fsp3) is 0. The largest absolute Gasteiger partial charge is 0.345 e. The van der Waals surface area contributed by atoms with Crippen molar-refractivity contribution >= 4 is 34.3 Å². The first-order valence-corrected chi connectivity index (χ1v) is 7.45. The van der Waals surface area contributed by atoms with Crippen LogP contribution < -0.4 is 5.32 Å². The fourth-order valence-electron chi connectivity index (χ4n) is 2.40. The van der Waals surface area contributed by atoms with Crippen LogP contribution in [0.2, 0.25) is 5.02 Å². The second-order valence-corrected chi connectivity index (χ2v) is 5.44. The number of aromatic amines is 1. The van der Waals surface area contributed by atoms with E-state index in [1.807, 2.05) is 48.7 Å². The molecule has 0 amide bonds. The molecule has 112 valence electrons. The molecule has 0 saturated heterocycles. The normalized spacial score (nSPS) is 10.8. The monoisotopic (exact) mass is 321 g/mol. The Labute approximate surface area is 137 Å². The van der Waals surface area contributed by atoms with E-state index >= 15 is 0 Å². The molecule has 23 heavy (non-hydrogen) atoms. The maximum atomic E-state index is 5.89. The lowest BCUT2D eigenvalue weighted by Gasteiger charge is -2.06. The van der Waals surface area contributed by atoms with Gasteiger partial charge in [-0.2, -0.15) is 0 Å². The first kappa shape index (κ1) is 13.7. The molecular weight excluding hydrogens is 310 g/mol. The number of anilines is 2. The quantitative estimate of drug-likeness (QED) is 0.586. The first-order chi connectivity index (χ1) is 11.3. The average Bonchev–Trinajstić information content (AvgIpc) is 3.01. The van der Waals surface area contributed by atoms with Gasteiger partial charge in [-0.3, -0.25) is 0 Å². The molecule has 6 heteroatoms. The third-order valence-electron chi connectivity index (χ3n) is 3.48. The van der Waals surface area contributed by atoms with Crippen molar-refractivity contribution in [1.29, 1.82) is 0 Å². The van der Waals surface area contributed by atoms with Gasteiger partial charge in [0.05, 0.1) is 5.69 Å². The number of hydrogen-bond acceptors (Lipinski definition) is 4. The molecule has 1 aromatic carbocycles. The van der Waals surface area contributed by atoms with Crippen LogP contribution in [0.3, 0.4) is 0 Å². The smallest absolute Gasteiger partial charge is 0.227 e. The highest BCUT2D eigenvalue weighted by molar-refractivity contribution is 6.30. The van der Waals surface area contributed by atoms with Gasteiger partial charge in [-0.05, 0) is 42.5 Å². The molecule has 3 heterocycles. The van der Waals surface area contributed by atoms with E-state index in [2.05, 4.69) is 25.3 Å². The summed E-state index contributed by atoms with van der Waals surface area (Å²) in [5.41, 5.74) is 3.55. The summed E-state index contributed by atoms with van der Waals surface area (Å²) >= 11 is 5.89. The summed E-state index contributed by atoms with van der Waals surface area (Å²) in [5.74, 6) is 0.531. The third-order valence-corrected chi connectivity index (χ3v) is 3.73. The Morgan fingerprint density at radius 3 is 2.70 bits per heavy atom. The number of nitrogens with zero attached hydrogens (tertiary/aromatic N) is 3. The number of pyridine rings is 1. The summed E-state index contributed by atoms with van der Waals surface area (Å²) in [5, 5.41) is 4.90. The number of rotatable bonds is 3. The van der Waals surface area contributed by atoms with Crippen LogP contribution in [0.15, 0.2) is 61.1 Å². The van der Waals surface area contributed by atoms with E-state index in [1.165, 1.54) is 0 Å². The van der Waals surface area contributed by atoms with Crippen LogP contribution in [0, 0.1) is 0 Å². The van der Waals surface area contributed by atoms with E-state index in [1.54, 1.807) is 12.4 Å². The molecule has 0 aliphatic heterocycles. The molecule has 0 aliphatic carbocycles. The fourth-order valence-corrected chi connectivity index (χ4v) is 2.53. The van der Waals surface area contributed by atoms with Gasteiger partial charge in [0.2, 0.25) is 5.95 Å². The van der Waals surface area contributed by atoms with Gasteiger partial charge in [-0.25, -0.2) is 15.0 Å². The average molecular weight is 322 g/mol. The van der Waals surface area contributed by atoms with Gasteiger partial charge >= 0.3 is 0 Å². The van der Waals surface area contributed by atoms with Gasteiger partial charge in [-0.15, -0.1) is 0 Å². The predicted octanol–water partition coefficient (Wildman–Crippen LogP) is 4.42. The lowest BCUT2D eigenvalue weighted by atomic mass is 10.1. The van der Waals surface area contributed by atoms with Crippen molar-refractivity contribution in [2.75, 3.05) is 5.32 Å². The van der Waals surface area contributed by atoms with Gasteiger partial charge in [0.25, 0.3) is 0 Å². The summed E-state index contributed by atoms with van der Waals surface area (Å²) in [6.07, 6.45) is 5.40. The summed E-state index contributed by atoms with van der Waals surface area (Å²) in [6.45, 7) is 0. The Bertz CT molecular complexity index is 962. The second kappa shape index (κ2) is 5.70. The maximum absolute atomic E-state index is 5.89. The van der Waals surface area contributed by atoms with Crippen molar-refractivity contribution in [2.24, 2.45) is 0 Å². The van der Waals surface area contributed by atoms with Crippen molar-refractivity contribution in [2.45, 2.75) is 0 Å². The Balaban J connectivity index is 1.70. The molecule has 0 radical (unpaired) electrons. The summed E-state index contributed by atoms with van der Waals surface area (Å²) < 4.78 is 0. The topological polar surface area (TPSA) is 66.5 Å². The minimum absolute atomic E-state index is 0.531. The minimum Gasteiger partial charge on any atom is -0.345 e. The number of fused-ring (bicyclic) bond motifs is 1. The first-order valence-electron chi connectivity index (χ1n) is 7.08. The number of nitrogens with one attached hydrogen (secondary N) is 2. The van der Waals surface area contributed by atoms with E-state index in [9.17, 15) is 0 Å². The van der Waals surface area contributed by atoms with E-state index < -0.39 is 0 Å². The molecule has 3 aromatic heterocycles. The highest BCUT2D eigenvalue weighted by atomic mass is 35.5. The van der Waals surface area contributed by atoms with Crippen molar-refractivity contribution in [3.8, 4) is 11.3 Å². The zero-order chi connectivity index (χ0) is 15.6. The highest BCUT2D eigenvalue weighted by Crippen LogP contribution is 2.26. The molecule has 0 fully saturated rings. The van der Waals surface area contributed by atoms with Crippen LogP contribution in [0.5, 0.6) is 0 Å². The van der Waals surface area contributed by atoms with Crippen LogP contribution in [0.4, 0.5) is 11.6 Å². The van der Waals surface area contributed by atoms with Crippen LogP contribution in [-0.4, -0.2) is 19.9 Å². The molecule has 2 N–H and O–H groups in total. The lowest BCUT2D eigenvalue weighted by Crippen LogP contribution is -1.97. The number of hydrogen-bond donors (Lipinski definition) is 2. The molecule has 0 spiro atoms. The van der Waals surface area contributed by atoms with Crippen LogP contribution in [0.25, 0.3) is 22.3 Å². The second-order valence-electron chi connectivity index (χ2n) is 5.00. The molecule has 4 aromatic rings. The number of aromatic nitrogens is 4. The Hall–Kier alpha value is -2.92. The van der Waals surface area contributed by atoms with E-state index in [0.717, 1.165) is 28.0 Å². The molecular formula is C17H12ClN5. The van der Waals surface area contributed by atoms with Gasteiger partial charge in [0.1, 0.15) is 5.65 Å². The van der Waals surface area contributed by atoms with Crippen molar-refractivity contribution in [3.05, 3.63) is 66.1 Å². The standard InChI is InChI=1S/C17H12ClN5/c18-11-3-5-12(6-4-11)22-17-20-9-7-15(23-17)14-10-21-16-13(14)2-1-8-19-16/h1-10H,(H,19,21)(H,20,22,23). The zero-order valence-electron chi connectivity index (χ0n) is 12.0. The predicted molar refractivity (Wildman–Crippen MR) is 91.9 cm³/mol. The lowest BCUT2D eigenvalue weighted by molar-refractivity contribution is 1.17. The van der Waals surface area contributed by atoms with Gasteiger partial charge < -0.3 is 10.3 Å². The van der Waals surface area contributed by atoms with Crippen LogP contribution in [0.1, 0.15) is 0 Å². The molecule has 0 saturated carbocycles. The summed E-state index contributed by atoms with van der Waals surface area (Å²) in [6, 6.07) is 13.2. The Kier molecular flexibility index (Phi) is 3.40. The van der Waals surface area contributed by atoms with Crippen LogP contribution >= 0.6 is 11.6 Å². The molecule has 0 aliphatic rings. The number of halogens is 1. The van der Waals surface area contributed by atoms with Crippen molar-refractivity contribution < 1.29 is 0 Å². The molecule has 0 bridgehead atoms. The summed E-state index contributed by atoms with van der Waals surface area (Å²) in [7, 11) is 0. The number of H-pyrrole nitrogens is 1. The maximum Gasteiger partial charge on any atom is 0.227 e. The van der Waals surface area contributed by atoms with Crippen molar-refractivity contribution in [1.82, 2.24) is 19.9 Å². The molecule has 0 atom stereocenters. The summed E-state index contributed by atoms with van der Waals surface area (Å²) in [4.78, 5) is 16.3. The van der Waals surface area contributed by atoms with Gasteiger partial charge in [-0.1, -0.05) is 11.6 Å².